The first kappa shape index (κ1) is 24.4. The lowest BCUT2D eigenvalue weighted by Crippen LogP contribution is -2.65. The van der Waals surface area contributed by atoms with E-state index in [-0.39, 0.29) is 57.2 Å². The van der Waals surface area contributed by atoms with Crippen molar-refractivity contribution in [3.8, 4) is 6.07 Å². The molecule has 3 fully saturated rings. The molecule has 0 saturated heterocycles. The zero-order chi connectivity index (χ0) is 24.9. The van der Waals surface area contributed by atoms with Gasteiger partial charge in [-0.2, -0.15) is 5.26 Å². The Kier molecular flexibility index (Phi) is 5.28. The second-order valence-corrected chi connectivity index (χ2v) is 14.3. The minimum absolute atomic E-state index is 0.0333. The van der Waals surface area contributed by atoms with Gasteiger partial charge in [0.25, 0.3) is 0 Å². The lowest BCUT2D eigenvalue weighted by atomic mass is 9.34. The zero-order valence-electron chi connectivity index (χ0n) is 22.1. The average Bonchev–Trinajstić information content (AvgIpc) is 2.77. The molecular formula is C30H45NO3. The van der Waals surface area contributed by atoms with Crippen molar-refractivity contribution in [2.24, 2.45) is 50.7 Å². The molecule has 0 aromatic rings. The SMILES string of the molecule is C[C@@H]1C(O)=C(C#N)C[C@]2(C)C3=C[C@@H](O)C4C5CC(C)(C)CC[C@]5(CO)CC[C@@]4(C)[C@]3(C)CC[C@@H]12. The van der Waals surface area contributed by atoms with Crippen LogP contribution in [-0.2, 0) is 0 Å². The molecular weight excluding hydrogens is 422 g/mol. The fourth-order valence-corrected chi connectivity index (χ4v) is 10.2. The normalized spacial score (nSPS) is 51.9. The van der Waals surface area contributed by atoms with Gasteiger partial charge in [0, 0.05) is 12.5 Å². The van der Waals surface area contributed by atoms with Crippen LogP contribution in [-0.4, -0.2) is 28.0 Å². The van der Waals surface area contributed by atoms with E-state index in [0.29, 0.717) is 17.9 Å². The summed E-state index contributed by atoms with van der Waals surface area (Å²) in [5.41, 5.74) is 1.69. The quantitative estimate of drug-likeness (QED) is 0.395. The number of nitrogens with zero attached hydrogens (tertiary/aromatic N) is 1. The molecule has 0 bridgehead atoms. The summed E-state index contributed by atoms with van der Waals surface area (Å²) in [6.07, 6.45) is 9.65. The second-order valence-electron chi connectivity index (χ2n) is 14.3. The van der Waals surface area contributed by atoms with Crippen molar-refractivity contribution in [1.82, 2.24) is 0 Å². The van der Waals surface area contributed by atoms with E-state index in [4.69, 9.17) is 0 Å². The minimum atomic E-state index is -0.533. The van der Waals surface area contributed by atoms with E-state index in [1.807, 2.05) is 0 Å². The Labute approximate surface area is 206 Å². The summed E-state index contributed by atoms with van der Waals surface area (Å²) in [5.74, 6) is 0.991. The molecule has 0 spiro atoms. The summed E-state index contributed by atoms with van der Waals surface area (Å²) in [6.45, 7) is 14.2. The van der Waals surface area contributed by atoms with Crippen molar-refractivity contribution in [1.29, 1.82) is 5.26 Å². The Morgan fingerprint density at radius 1 is 1.03 bits per heavy atom. The summed E-state index contributed by atoms with van der Waals surface area (Å²) in [6, 6.07) is 2.30. The Hall–Kier alpha value is -1.31. The van der Waals surface area contributed by atoms with Gasteiger partial charge in [-0.05, 0) is 96.2 Å². The number of hydrogen-bond donors (Lipinski definition) is 3. The van der Waals surface area contributed by atoms with Crippen molar-refractivity contribution in [2.45, 2.75) is 99.0 Å². The van der Waals surface area contributed by atoms with Crippen molar-refractivity contribution in [3.05, 3.63) is 23.0 Å². The highest BCUT2D eigenvalue weighted by molar-refractivity contribution is 5.42. The summed E-state index contributed by atoms with van der Waals surface area (Å²) < 4.78 is 0. The van der Waals surface area contributed by atoms with E-state index >= 15 is 0 Å². The molecule has 3 saturated carbocycles. The van der Waals surface area contributed by atoms with Crippen molar-refractivity contribution < 1.29 is 15.3 Å². The second kappa shape index (κ2) is 7.36. The van der Waals surface area contributed by atoms with Crippen LogP contribution in [0.5, 0.6) is 0 Å². The first-order valence-electron chi connectivity index (χ1n) is 13.6. The molecule has 5 aliphatic rings. The molecule has 34 heavy (non-hydrogen) atoms. The largest absolute Gasteiger partial charge is 0.511 e. The highest BCUT2D eigenvalue weighted by Gasteiger charge is 2.68. The van der Waals surface area contributed by atoms with Gasteiger partial charge in [0.2, 0.25) is 0 Å². The van der Waals surface area contributed by atoms with Gasteiger partial charge in [0.05, 0.1) is 17.7 Å². The van der Waals surface area contributed by atoms with Gasteiger partial charge >= 0.3 is 0 Å². The summed E-state index contributed by atoms with van der Waals surface area (Å²) in [7, 11) is 0. The van der Waals surface area contributed by atoms with Crippen LogP contribution in [0.4, 0.5) is 0 Å². The number of rotatable bonds is 1. The van der Waals surface area contributed by atoms with Crippen LogP contribution in [0.25, 0.3) is 0 Å². The fourth-order valence-electron chi connectivity index (χ4n) is 10.2. The maximum Gasteiger partial charge on any atom is 0.109 e. The van der Waals surface area contributed by atoms with Gasteiger partial charge < -0.3 is 15.3 Å². The van der Waals surface area contributed by atoms with Gasteiger partial charge in [0.1, 0.15) is 5.76 Å². The number of aliphatic hydroxyl groups is 3. The third kappa shape index (κ3) is 2.89. The van der Waals surface area contributed by atoms with Crippen molar-refractivity contribution in [3.63, 3.8) is 0 Å². The zero-order valence-corrected chi connectivity index (χ0v) is 22.1. The number of fused-ring (bicyclic) bond motifs is 7. The Morgan fingerprint density at radius 3 is 2.35 bits per heavy atom. The molecule has 0 amide bonds. The Morgan fingerprint density at radius 2 is 1.71 bits per heavy atom. The first-order valence-corrected chi connectivity index (χ1v) is 13.6. The highest BCUT2D eigenvalue weighted by Crippen LogP contribution is 2.74. The van der Waals surface area contributed by atoms with Crippen LogP contribution in [0.15, 0.2) is 23.0 Å². The van der Waals surface area contributed by atoms with Gasteiger partial charge in [-0.3, -0.25) is 0 Å². The van der Waals surface area contributed by atoms with E-state index in [1.54, 1.807) is 0 Å². The molecule has 0 aromatic carbocycles. The third-order valence-electron chi connectivity index (χ3n) is 12.5. The fraction of sp³-hybridized carbons (Fsp3) is 0.833. The molecule has 9 atom stereocenters. The Balaban J connectivity index is 1.65. The van der Waals surface area contributed by atoms with Gasteiger partial charge in [0.15, 0.2) is 0 Å². The van der Waals surface area contributed by atoms with Crippen LogP contribution < -0.4 is 0 Å². The minimum Gasteiger partial charge on any atom is -0.511 e. The monoisotopic (exact) mass is 467 g/mol. The molecule has 0 radical (unpaired) electrons. The number of nitriles is 1. The Bertz CT molecular complexity index is 989. The van der Waals surface area contributed by atoms with E-state index in [1.165, 1.54) is 5.57 Å². The van der Waals surface area contributed by atoms with Crippen LogP contribution in [0.1, 0.15) is 92.9 Å². The molecule has 188 valence electrons. The molecule has 4 heteroatoms. The number of allylic oxidation sites excluding steroid dienone is 3. The topological polar surface area (TPSA) is 84.5 Å². The van der Waals surface area contributed by atoms with E-state index in [0.717, 1.165) is 44.9 Å². The molecule has 2 unspecified atom stereocenters. The lowest BCUT2D eigenvalue weighted by molar-refractivity contribution is -0.195. The first-order chi connectivity index (χ1) is 15.8. The molecule has 5 aliphatic carbocycles. The molecule has 0 heterocycles. The lowest BCUT2D eigenvalue weighted by Gasteiger charge is -2.70. The smallest absolute Gasteiger partial charge is 0.109 e. The molecule has 4 nitrogen and oxygen atoms in total. The van der Waals surface area contributed by atoms with E-state index in [2.05, 4.69) is 53.7 Å². The molecule has 5 rings (SSSR count). The molecule has 0 aliphatic heterocycles. The maximum atomic E-state index is 11.9. The van der Waals surface area contributed by atoms with Crippen molar-refractivity contribution >= 4 is 0 Å². The predicted molar refractivity (Wildman–Crippen MR) is 134 cm³/mol. The average molecular weight is 468 g/mol. The van der Waals surface area contributed by atoms with Gasteiger partial charge in [-0.25, -0.2) is 0 Å². The number of hydrogen-bond acceptors (Lipinski definition) is 4. The number of aliphatic hydroxyl groups excluding tert-OH is 3. The van der Waals surface area contributed by atoms with Crippen molar-refractivity contribution in [2.75, 3.05) is 6.61 Å². The van der Waals surface area contributed by atoms with Gasteiger partial charge in [-0.1, -0.05) is 53.2 Å². The summed E-state index contributed by atoms with van der Waals surface area (Å²) in [5, 5.41) is 43.1. The van der Waals surface area contributed by atoms with Crippen LogP contribution in [0, 0.1) is 62.1 Å². The summed E-state index contributed by atoms with van der Waals surface area (Å²) in [4.78, 5) is 0. The molecule has 0 aromatic heterocycles. The van der Waals surface area contributed by atoms with Gasteiger partial charge in [-0.15, -0.1) is 0 Å². The van der Waals surface area contributed by atoms with Crippen LogP contribution >= 0.6 is 0 Å². The summed E-state index contributed by atoms with van der Waals surface area (Å²) >= 11 is 0. The maximum absolute atomic E-state index is 11.9. The van der Waals surface area contributed by atoms with Crippen LogP contribution in [0.3, 0.4) is 0 Å². The van der Waals surface area contributed by atoms with E-state index in [9.17, 15) is 20.6 Å². The predicted octanol–water partition coefficient (Wildman–Crippen LogP) is 6.31. The standard InChI is InChI=1S/C30H45NO3/c1-18-20-7-8-28(5)23(27(20,4)14-19(16-31)25(18)34)13-22(33)24-21-15-26(2,3)9-11-30(21,17-32)12-10-29(24,28)6/h13,18,20-22,24,32-34H,7-12,14-15,17H2,1-6H3/t18-,20-,21?,22+,24?,27-,28+,29+,30+/m0/s1. The third-order valence-corrected chi connectivity index (χ3v) is 12.5. The molecule has 3 N–H and O–H groups in total. The van der Waals surface area contributed by atoms with E-state index < -0.39 is 6.10 Å². The van der Waals surface area contributed by atoms with Crippen LogP contribution in [0.2, 0.25) is 0 Å². The highest BCUT2D eigenvalue weighted by atomic mass is 16.3.